The van der Waals surface area contributed by atoms with Crippen molar-refractivity contribution in [3.63, 3.8) is 0 Å². The Labute approximate surface area is 221 Å². The molecular weight excluding hydrogens is 490 g/mol. The summed E-state index contributed by atoms with van der Waals surface area (Å²) in [5.41, 5.74) is 2.61. The number of anilines is 1. The Bertz CT molecular complexity index is 1240. The summed E-state index contributed by atoms with van der Waals surface area (Å²) in [6.07, 6.45) is 0. The quantitative estimate of drug-likeness (QED) is 0.278. The average Bonchev–Trinajstić information content (AvgIpc) is 3.28. The summed E-state index contributed by atoms with van der Waals surface area (Å²) in [6, 6.07) is 13.6. The third-order valence-electron chi connectivity index (χ3n) is 5.59. The summed E-state index contributed by atoms with van der Waals surface area (Å²) in [5.74, 6) is 0.0583. The first-order valence-electron chi connectivity index (χ1n) is 12.2. The van der Waals surface area contributed by atoms with E-state index in [2.05, 4.69) is 20.8 Å². The minimum absolute atomic E-state index is 0.0713. The molecule has 2 amide bonds. The van der Waals surface area contributed by atoms with Gasteiger partial charge in [-0.2, -0.15) is 0 Å². The highest BCUT2D eigenvalue weighted by Gasteiger charge is 2.26. The number of carbonyl (C=O) groups excluding carboxylic acids is 3. The number of carbonyl (C=O) groups is 3. The third-order valence-corrected chi connectivity index (χ3v) is 6.55. The molecule has 0 bridgehead atoms. The Morgan fingerprint density at radius 3 is 2.38 bits per heavy atom. The van der Waals surface area contributed by atoms with Gasteiger partial charge in [0.1, 0.15) is 0 Å². The van der Waals surface area contributed by atoms with E-state index in [9.17, 15) is 14.4 Å². The van der Waals surface area contributed by atoms with Crippen LogP contribution in [0.25, 0.3) is 0 Å². The number of aryl methyl sites for hydroxylation is 1. The standard InChI is InChI=1S/C27H33N5O4S/c1-6-32-24(23(17(3)4)29-25(34)20-10-8-9-18(5)15-20)30-31-27(32)37-16-22(33)28-21-13-11-19(12-14-21)26(35)36-7-2/h8-15,17,23H,6-7,16H2,1-5H3,(H,28,33)(H,29,34). The number of benzene rings is 2. The molecule has 0 radical (unpaired) electrons. The first-order valence-corrected chi connectivity index (χ1v) is 13.2. The lowest BCUT2D eigenvalue weighted by molar-refractivity contribution is -0.113. The van der Waals surface area contributed by atoms with Crippen molar-refractivity contribution >= 4 is 35.2 Å². The molecule has 2 aromatic carbocycles. The molecule has 1 heterocycles. The van der Waals surface area contributed by atoms with Gasteiger partial charge in [0.05, 0.1) is 24.0 Å². The molecule has 0 aliphatic rings. The number of nitrogens with one attached hydrogen (secondary N) is 2. The van der Waals surface area contributed by atoms with E-state index >= 15 is 0 Å². The summed E-state index contributed by atoms with van der Waals surface area (Å²) in [5, 5.41) is 15.2. The van der Waals surface area contributed by atoms with Crippen LogP contribution in [0.15, 0.2) is 53.7 Å². The van der Waals surface area contributed by atoms with Crippen molar-refractivity contribution in [2.24, 2.45) is 5.92 Å². The molecule has 1 aromatic heterocycles. The maximum atomic E-state index is 12.9. The molecule has 3 aromatic rings. The lowest BCUT2D eigenvalue weighted by atomic mass is 10.0. The van der Waals surface area contributed by atoms with Gasteiger partial charge in [-0.25, -0.2) is 4.79 Å². The predicted octanol–water partition coefficient (Wildman–Crippen LogP) is 4.64. The lowest BCUT2D eigenvalue weighted by Crippen LogP contribution is -2.33. The van der Waals surface area contributed by atoms with Crippen LogP contribution in [0.3, 0.4) is 0 Å². The van der Waals surface area contributed by atoms with Gasteiger partial charge in [-0.3, -0.25) is 9.59 Å². The molecule has 1 unspecified atom stereocenters. The first kappa shape index (κ1) is 27.9. The smallest absolute Gasteiger partial charge is 0.338 e. The molecule has 0 spiro atoms. The van der Waals surface area contributed by atoms with E-state index in [1.54, 1.807) is 37.3 Å². The van der Waals surface area contributed by atoms with Crippen LogP contribution in [0.5, 0.6) is 0 Å². The minimum atomic E-state index is -0.402. The van der Waals surface area contributed by atoms with Gasteiger partial charge in [0.25, 0.3) is 5.91 Å². The van der Waals surface area contributed by atoms with Crippen molar-refractivity contribution in [2.75, 3.05) is 17.7 Å². The van der Waals surface area contributed by atoms with Crippen LogP contribution >= 0.6 is 11.8 Å². The molecule has 37 heavy (non-hydrogen) atoms. The van der Waals surface area contributed by atoms with Crippen LogP contribution < -0.4 is 10.6 Å². The monoisotopic (exact) mass is 523 g/mol. The topological polar surface area (TPSA) is 115 Å². The maximum Gasteiger partial charge on any atom is 0.338 e. The molecule has 10 heteroatoms. The van der Waals surface area contributed by atoms with Crippen molar-refractivity contribution < 1.29 is 19.1 Å². The minimum Gasteiger partial charge on any atom is -0.462 e. The molecule has 196 valence electrons. The molecule has 2 N–H and O–H groups in total. The van der Waals surface area contributed by atoms with E-state index in [0.717, 1.165) is 5.56 Å². The molecule has 0 fully saturated rings. The lowest BCUT2D eigenvalue weighted by Gasteiger charge is -2.22. The summed E-state index contributed by atoms with van der Waals surface area (Å²) < 4.78 is 6.90. The second kappa shape index (κ2) is 13.0. The summed E-state index contributed by atoms with van der Waals surface area (Å²) in [6.45, 7) is 10.6. The molecule has 0 saturated heterocycles. The number of thioether (sulfide) groups is 1. The van der Waals surface area contributed by atoms with Gasteiger partial charge in [0, 0.05) is 17.8 Å². The summed E-state index contributed by atoms with van der Waals surface area (Å²) in [7, 11) is 0. The SMILES string of the molecule is CCOC(=O)c1ccc(NC(=O)CSc2nnc(C(NC(=O)c3cccc(C)c3)C(C)C)n2CC)cc1. The number of hydrogen-bond donors (Lipinski definition) is 2. The van der Waals surface area contributed by atoms with Gasteiger partial charge in [-0.1, -0.05) is 43.3 Å². The highest BCUT2D eigenvalue weighted by molar-refractivity contribution is 7.99. The predicted molar refractivity (Wildman–Crippen MR) is 144 cm³/mol. The van der Waals surface area contributed by atoms with E-state index in [1.165, 1.54) is 11.8 Å². The molecule has 0 aliphatic carbocycles. The molecule has 3 rings (SSSR count). The van der Waals surface area contributed by atoms with Crippen molar-refractivity contribution in [1.82, 2.24) is 20.1 Å². The molecule has 1 atom stereocenters. The number of aromatic nitrogens is 3. The van der Waals surface area contributed by atoms with Crippen LogP contribution in [0.1, 0.15) is 65.8 Å². The van der Waals surface area contributed by atoms with Crippen molar-refractivity contribution in [3.05, 3.63) is 71.0 Å². The molecule has 0 aliphatic heterocycles. The van der Waals surface area contributed by atoms with E-state index < -0.39 is 5.97 Å². The summed E-state index contributed by atoms with van der Waals surface area (Å²) in [4.78, 5) is 37.2. The largest absolute Gasteiger partial charge is 0.462 e. The molecule has 9 nitrogen and oxygen atoms in total. The number of nitrogens with zero attached hydrogens (tertiary/aromatic N) is 3. The van der Waals surface area contributed by atoms with E-state index in [-0.39, 0.29) is 29.5 Å². The Morgan fingerprint density at radius 1 is 1.03 bits per heavy atom. The fourth-order valence-corrected chi connectivity index (χ4v) is 4.51. The number of ether oxygens (including phenoxy) is 1. The zero-order valence-corrected chi connectivity index (χ0v) is 22.6. The fourth-order valence-electron chi connectivity index (χ4n) is 3.71. The van der Waals surface area contributed by atoms with Crippen LogP contribution in [-0.4, -0.2) is 44.9 Å². The third kappa shape index (κ3) is 7.42. The van der Waals surface area contributed by atoms with Gasteiger partial charge in [0.2, 0.25) is 5.91 Å². The first-order chi connectivity index (χ1) is 17.7. The zero-order valence-electron chi connectivity index (χ0n) is 21.8. The number of hydrogen-bond acceptors (Lipinski definition) is 7. The van der Waals surface area contributed by atoms with E-state index in [0.29, 0.717) is 40.9 Å². The van der Waals surface area contributed by atoms with Crippen LogP contribution in [0.2, 0.25) is 0 Å². The van der Waals surface area contributed by atoms with Crippen molar-refractivity contribution in [3.8, 4) is 0 Å². The highest BCUT2D eigenvalue weighted by Crippen LogP contribution is 2.26. The van der Waals surface area contributed by atoms with Gasteiger partial charge >= 0.3 is 5.97 Å². The zero-order chi connectivity index (χ0) is 26.9. The van der Waals surface area contributed by atoms with Crippen LogP contribution in [-0.2, 0) is 16.1 Å². The van der Waals surface area contributed by atoms with E-state index in [4.69, 9.17) is 4.74 Å². The highest BCUT2D eigenvalue weighted by atomic mass is 32.2. The maximum absolute atomic E-state index is 12.9. The second-order valence-electron chi connectivity index (χ2n) is 8.78. The number of amides is 2. The molecule has 0 saturated carbocycles. The van der Waals surface area contributed by atoms with Crippen LogP contribution in [0.4, 0.5) is 5.69 Å². The van der Waals surface area contributed by atoms with Crippen molar-refractivity contribution in [1.29, 1.82) is 0 Å². The van der Waals surface area contributed by atoms with Gasteiger partial charge in [0.15, 0.2) is 11.0 Å². The Hall–Kier alpha value is -3.66. The fraction of sp³-hybridized carbons (Fsp3) is 0.370. The van der Waals surface area contributed by atoms with Gasteiger partial charge in [-0.05, 0) is 63.1 Å². The van der Waals surface area contributed by atoms with Crippen LogP contribution in [0, 0.1) is 12.8 Å². The molecular formula is C27H33N5O4S. The second-order valence-corrected chi connectivity index (χ2v) is 9.73. The summed E-state index contributed by atoms with van der Waals surface area (Å²) >= 11 is 1.27. The van der Waals surface area contributed by atoms with Gasteiger partial charge < -0.3 is 19.9 Å². The number of rotatable bonds is 11. The number of esters is 1. The normalized spacial score (nSPS) is 11.7. The Morgan fingerprint density at radius 2 is 1.76 bits per heavy atom. The average molecular weight is 524 g/mol. The van der Waals surface area contributed by atoms with Gasteiger partial charge in [-0.15, -0.1) is 10.2 Å². The Kier molecular flexibility index (Phi) is 9.85. The Balaban J connectivity index is 1.65. The van der Waals surface area contributed by atoms with Crippen molar-refractivity contribution in [2.45, 2.75) is 52.4 Å². The van der Waals surface area contributed by atoms with E-state index in [1.807, 2.05) is 50.5 Å².